The zero-order chi connectivity index (χ0) is 17.1. The van der Waals surface area contributed by atoms with Crippen molar-refractivity contribution in [3.05, 3.63) is 47.9 Å². The highest BCUT2D eigenvalue weighted by Gasteiger charge is 2.49. The molecule has 1 heterocycles. The zero-order valence-corrected chi connectivity index (χ0v) is 14.5. The van der Waals surface area contributed by atoms with E-state index in [0.29, 0.717) is 12.0 Å². The van der Waals surface area contributed by atoms with Gasteiger partial charge in [0, 0.05) is 6.42 Å². The molecule has 1 aromatic carbocycles. The fraction of sp³-hybridized carbons (Fsp3) is 0.500. The van der Waals surface area contributed by atoms with Crippen LogP contribution in [0.3, 0.4) is 0 Å². The summed E-state index contributed by atoms with van der Waals surface area (Å²) in [6, 6.07) is 9.00. The lowest BCUT2D eigenvalue weighted by atomic mass is 9.89. The molecule has 1 aliphatic heterocycles. The lowest BCUT2D eigenvalue weighted by Crippen LogP contribution is -2.41. The van der Waals surface area contributed by atoms with Crippen molar-refractivity contribution in [2.45, 2.75) is 58.3 Å². The second kappa shape index (κ2) is 6.89. The molecule has 0 N–H and O–H groups in total. The Hall–Kier alpha value is -1.59. The molecule has 4 nitrogen and oxygen atoms in total. The van der Waals surface area contributed by atoms with E-state index in [1.165, 1.54) is 0 Å². The van der Waals surface area contributed by atoms with E-state index in [4.69, 9.17) is 14.0 Å². The molecule has 23 heavy (non-hydrogen) atoms. The van der Waals surface area contributed by atoms with Crippen molar-refractivity contribution in [2.75, 3.05) is 0 Å². The molecular weight excluding hydrogens is 291 g/mol. The van der Waals surface area contributed by atoms with Gasteiger partial charge in [-0.3, -0.25) is 0 Å². The highest BCUT2D eigenvalue weighted by Crippen LogP contribution is 2.36. The quantitative estimate of drug-likeness (QED) is 0.612. The van der Waals surface area contributed by atoms with Crippen LogP contribution in [-0.2, 0) is 14.0 Å². The lowest BCUT2D eigenvalue weighted by Gasteiger charge is -2.32. The summed E-state index contributed by atoms with van der Waals surface area (Å²) in [6.45, 7) is 9.95. The standard InChI is InChI=1S/C18H25BO4/c1-14(21-16(20)15-11-7-6-8-12-15)10-9-13-19-22-17(2,3)18(4,5)23-19/h6-9,11-14H,10H2,1-5H3/b13-9+. The maximum Gasteiger partial charge on any atom is 0.486 e. The third kappa shape index (κ3) is 4.46. The topological polar surface area (TPSA) is 44.8 Å². The van der Waals surface area contributed by atoms with Crippen LogP contribution in [0, 0.1) is 0 Å². The summed E-state index contributed by atoms with van der Waals surface area (Å²) in [4.78, 5) is 11.9. The van der Waals surface area contributed by atoms with Gasteiger partial charge >= 0.3 is 13.1 Å². The Kier molecular flexibility index (Phi) is 5.32. The molecule has 1 saturated heterocycles. The predicted molar refractivity (Wildman–Crippen MR) is 91.2 cm³/mol. The largest absolute Gasteiger partial charge is 0.486 e. The van der Waals surface area contributed by atoms with Gasteiger partial charge in [0.2, 0.25) is 0 Å². The Morgan fingerprint density at radius 2 is 1.74 bits per heavy atom. The molecule has 0 aromatic heterocycles. The van der Waals surface area contributed by atoms with Crippen molar-refractivity contribution >= 4 is 13.1 Å². The number of carbonyl (C=O) groups excluding carboxylic acids is 1. The van der Waals surface area contributed by atoms with Crippen molar-refractivity contribution in [1.82, 2.24) is 0 Å². The minimum atomic E-state index is -0.364. The van der Waals surface area contributed by atoms with Gasteiger partial charge in [-0.15, -0.1) is 0 Å². The van der Waals surface area contributed by atoms with Crippen LogP contribution in [0.2, 0.25) is 0 Å². The van der Waals surface area contributed by atoms with E-state index in [2.05, 4.69) is 0 Å². The molecule has 0 saturated carbocycles. The first kappa shape index (κ1) is 17.8. The van der Waals surface area contributed by atoms with Gasteiger partial charge in [0.25, 0.3) is 0 Å². The molecule has 124 valence electrons. The molecule has 1 aliphatic rings. The van der Waals surface area contributed by atoms with E-state index in [9.17, 15) is 4.79 Å². The van der Waals surface area contributed by atoms with Crippen LogP contribution < -0.4 is 0 Å². The molecule has 1 aromatic rings. The maximum absolute atomic E-state index is 11.9. The van der Waals surface area contributed by atoms with Crippen molar-refractivity contribution < 1.29 is 18.8 Å². The molecule has 1 atom stereocenters. The van der Waals surface area contributed by atoms with Crippen LogP contribution in [0.1, 0.15) is 51.4 Å². The van der Waals surface area contributed by atoms with Gasteiger partial charge in [-0.1, -0.05) is 30.3 Å². The van der Waals surface area contributed by atoms with E-state index in [0.717, 1.165) is 0 Å². The first-order valence-electron chi connectivity index (χ1n) is 7.99. The second-order valence-corrected chi connectivity index (χ2v) is 6.87. The summed E-state index contributed by atoms with van der Waals surface area (Å²) in [6.07, 6.45) is 2.34. The van der Waals surface area contributed by atoms with Crippen LogP contribution in [0.15, 0.2) is 42.4 Å². The highest BCUT2D eigenvalue weighted by atomic mass is 16.7. The van der Waals surface area contributed by atoms with Crippen molar-refractivity contribution in [2.24, 2.45) is 0 Å². The molecular formula is C18H25BO4. The molecule has 0 spiro atoms. The summed E-state index contributed by atoms with van der Waals surface area (Å²) in [5.74, 6) is 1.57. The smallest absolute Gasteiger partial charge is 0.459 e. The maximum atomic E-state index is 11.9. The van der Waals surface area contributed by atoms with Gasteiger partial charge in [0.15, 0.2) is 0 Å². The third-order valence-corrected chi connectivity index (χ3v) is 4.35. The Bertz CT molecular complexity index is 550. The van der Waals surface area contributed by atoms with Crippen LogP contribution in [0.25, 0.3) is 0 Å². The number of hydrogen-bond donors (Lipinski definition) is 0. The van der Waals surface area contributed by atoms with Gasteiger partial charge in [-0.25, -0.2) is 4.79 Å². The van der Waals surface area contributed by atoms with Crippen LogP contribution in [0.5, 0.6) is 0 Å². The van der Waals surface area contributed by atoms with Gasteiger partial charge in [0.1, 0.15) is 6.10 Å². The van der Waals surface area contributed by atoms with Crippen LogP contribution in [-0.4, -0.2) is 30.4 Å². The monoisotopic (exact) mass is 316 g/mol. The Morgan fingerprint density at radius 1 is 1.17 bits per heavy atom. The second-order valence-electron chi connectivity index (χ2n) is 6.87. The molecule has 0 aliphatic carbocycles. The number of carbonyl (C=O) groups is 1. The summed E-state index contributed by atoms with van der Waals surface area (Å²) in [5, 5.41) is 0. The van der Waals surface area contributed by atoms with E-state index < -0.39 is 0 Å². The first-order chi connectivity index (χ1) is 10.7. The van der Waals surface area contributed by atoms with Crippen LogP contribution >= 0.6 is 0 Å². The number of benzene rings is 1. The first-order valence-corrected chi connectivity index (χ1v) is 7.99. The zero-order valence-electron chi connectivity index (χ0n) is 14.5. The van der Waals surface area contributed by atoms with Gasteiger partial charge in [-0.05, 0) is 46.8 Å². The molecule has 2 rings (SSSR count). The van der Waals surface area contributed by atoms with Crippen molar-refractivity contribution in [1.29, 1.82) is 0 Å². The van der Waals surface area contributed by atoms with Crippen molar-refractivity contribution in [3.63, 3.8) is 0 Å². The minimum absolute atomic E-state index is 0.207. The number of ether oxygens (including phenoxy) is 1. The molecule has 0 bridgehead atoms. The SMILES string of the molecule is CC(C/C=C/B1OC(C)(C)C(C)(C)O1)OC(=O)c1ccccc1. The summed E-state index contributed by atoms with van der Waals surface area (Å²) in [7, 11) is -0.364. The minimum Gasteiger partial charge on any atom is -0.459 e. The average molecular weight is 316 g/mol. The fourth-order valence-electron chi connectivity index (χ4n) is 2.22. The summed E-state index contributed by atoms with van der Waals surface area (Å²) in [5.41, 5.74) is -0.116. The van der Waals surface area contributed by atoms with E-state index >= 15 is 0 Å². The van der Waals surface area contributed by atoms with E-state index in [-0.39, 0.29) is 30.4 Å². The van der Waals surface area contributed by atoms with Crippen molar-refractivity contribution in [3.8, 4) is 0 Å². The molecule has 0 radical (unpaired) electrons. The van der Waals surface area contributed by atoms with Gasteiger partial charge in [0.05, 0.1) is 16.8 Å². The predicted octanol–water partition coefficient (Wildman–Crippen LogP) is 3.81. The third-order valence-electron chi connectivity index (χ3n) is 4.35. The average Bonchev–Trinajstić information content (AvgIpc) is 2.67. The number of esters is 1. The highest BCUT2D eigenvalue weighted by molar-refractivity contribution is 6.51. The number of hydrogen-bond acceptors (Lipinski definition) is 4. The van der Waals surface area contributed by atoms with Gasteiger partial charge in [-0.2, -0.15) is 0 Å². The molecule has 1 fully saturated rings. The van der Waals surface area contributed by atoms with E-state index in [1.807, 2.05) is 64.9 Å². The van der Waals surface area contributed by atoms with Crippen LogP contribution in [0.4, 0.5) is 0 Å². The Labute approximate surface area is 139 Å². The molecule has 0 amide bonds. The van der Waals surface area contributed by atoms with E-state index in [1.54, 1.807) is 12.1 Å². The number of rotatable bonds is 5. The molecule has 5 heteroatoms. The Morgan fingerprint density at radius 3 is 2.30 bits per heavy atom. The fourth-order valence-corrected chi connectivity index (χ4v) is 2.22. The Balaban J connectivity index is 1.81. The van der Waals surface area contributed by atoms with Gasteiger partial charge < -0.3 is 14.0 Å². The summed E-state index contributed by atoms with van der Waals surface area (Å²) < 4.78 is 17.2. The molecule has 1 unspecified atom stereocenters. The lowest BCUT2D eigenvalue weighted by molar-refractivity contribution is 0.00578. The normalized spacial score (nSPS) is 20.7. The summed E-state index contributed by atoms with van der Waals surface area (Å²) >= 11 is 0.